The summed E-state index contributed by atoms with van der Waals surface area (Å²) < 4.78 is 0. The van der Waals surface area contributed by atoms with Gasteiger partial charge in [0, 0.05) is 32.7 Å². The van der Waals surface area contributed by atoms with Crippen molar-refractivity contribution in [3.8, 4) is 0 Å². The Bertz CT molecular complexity index is 707. The van der Waals surface area contributed by atoms with Gasteiger partial charge < -0.3 is 10.2 Å². The standard InChI is InChI=1S/C22H27N3O/c1-19(21-12-6-3-7-13-21)23-22(26)25-17-15-24(16-18-25)14-8-11-20-9-4-2-5-10-20/h2-13,19H,14-18H2,1H3,(H,23,26)/b11-8+. The van der Waals surface area contributed by atoms with Crippen LogP contribution in [0.25, 0.3) is 6.08 Å². The molecule has 2 aromatic carbocycles. The predicted octanol–water partition coefficient (Wildman–Crippen LogP) is 3.79. The molecule has 1 atom stereocenters. The number of nitrogens with zero attached hydrogens (tertiary/aromatic N) is 2. The number of piperazine rings is 1. The molecule has 1 unspecified atom stereocenters. The molecule has 2 amide bonds. The van der Waals surface area contributed by atoms with Gasteiger partial charge in [0.2, 0.25) is 0 Å². The number of urea groups is 1. The second kappa shape index (κ2) is 9.20. The molecule has 136 valence electrons. The van der Waals surface area contributed by atoms with Crippen LogP contribution in [0, 0.1) is 0 Å². The summed E-state index contributed by atoms with van der Waals surface area (Å²) in [5.74, 6) is 0. The van der Waals surface area contributed by atoms with E-state index < -0.39 is 0 Å². The quantitative estimate of drug-likeness (QED) is 0.891. The number of hydrogen-bond acceptors (Lipinski definition) is 2. The number of benzene rings is 2. The Morgan fingerprint density at radius 2 is 1.62 bits per heavy atom. The molecule has 0 aromatic heterocycles. The second-order valence-electron chi connectivity index (χ2n) is 6.68. The Morgan fingerprint density at radius 1 is 1.00 bits per heavy atom. The fourth-order valence-electron chi connectivity index (χ4n) is 3.14. The van der Waals surface area contributed by atoms with Gasteiger partial charge >= 0.3 is 6.03 Å². The zero-order valence-corrected chi connectivity index (χ0v) is 15.3. The van der Waals surface area contributed by atoms with Crippen LogP contribution in [0.15, 0.2) is 66.7 Å². The van der Waals surface area contributed by atoms with Crippen LogP contribution in [0.5, 0.6) is 0 Å². The van der Waals surface area contributed by atoms with Crippen molar-refractivity contribution in [1.29, 1.82) is 0 Å². The number of amides is 2. The molecule has 1 aliphatic rings. The zero-order chi connectivity index (χ0) is 18.2. The van der Waals surface area contributed by atoms with Crippen molar-refractivity contribution >= 4 is 12.1 Å². The van der Waals surface area contributed by atoms with E-state index in [1.165, 1.54) is 5.56 Å². The second-order valence-corrected chi connectivity index (χ2v) is 6.68. The maximum atomic E-state index is 12.5. The Morgan fingerprint density at radius 3 is 2.27 bits per heavy atom. The van der Waals surface area contributed by atoms with Crippen LogP contribution in [-0.2, 0) is 0 Å². The minimum Gasteiger partial charge on any atom is -0.331 e. The zero-order valence-electron chi connectivity index (χ0n) is 15.3. The van der Waals surface area contributed by atoms with Gasteiger partial charge in [-0.05, 0) is 18.1 Å². The molecular formula is C22H27N3O. The first-order valence-corrected chi connectivity index (χ1v) is 9.27. The lowest BCUT2D eigenvalue weighted by molar-refractivity contribution is 0.145. The van der Waals surface area contributed by atoms with Gasteiger partial charge in [-0.2, -0.15) is 0 Å². The third-order valence-electron chi connectivity index (χ3n) is 4.77. The molecular weight excluding hydrogens is 322 g/mol. The number of hydrogen-bond donors (Lipinski definition) is 1. The summed E-state index contributed by atoms with van der Waals surface area (Å²) in [4.78, 5) is 16.8. The summed E-state index contributed by atoms with van der Waals surface area (Å²) in [6.45, 7) is 6.31. The van der Waals surface area contributed by atoms with Gasteiger partial charge in [-0.15, -0.1) is 0 Å². The molecule has 4 heteroatoms. The van der Waals surface area contributed by atoms with Crippen molar-refractivity contribution in [2.24, 2.45) is 0 Å². The predicted molar refractivity (Wildman–Crippen MR) is 107 cm³/mol. The molecule has 0 radical (unpaired) electrons. The van der Waals surface area contributed by atoms with Crippen LogP contribution >= 0.6 is 0 Å². The largest absolute Gasteiger partial charge is 0.331 e. The van der Waals surface area contributed by atoms with Crippen molar-refractivity contribution in [3.05, 3.63) is 77.9 Å². The highest BCUT2D eigenvalue weighted by atomic mass is 16.2. The van der Waals surface area contributed by atoms with Gasteiger partial charge in [-0.3, -0.25) is 4.90 Å². The van der Waals surface area contributed by atoms with E-state index in [9.17, 15) is 4.79 Å². The highest BCUT2D eigenvalue weighted by Gasteiger charge is 2.21. The summed E-state index contributed by atoms with van der Waals surface area (Å²) in [6, 6.07) is 20.5. The lowest BCUT2D eigenvalue weighted by Crippen LogP contribution is -2.52. The number of carbonyl (C=O) groups is 1. The molecule has 0 bridgehead atoms. The van der Waals surface area contributed by atoms with Crippen molar-refractivity contribution in [2.75, 3.05) is 32.7 Å². The monoisotopic (exact) mass is 349 g/mol. The van der Waals surface area contributed by atoms with Crippen molar-refractivity contribution < 1.29 is 4.79 Å². The van der Waals surface area contributed by atoms with Gasteiger partial charge in [-0.1, -0.05) is 72.8 Å². The van der Waals surface area contributed by atoms with Crippen LogP contribution in [0.2, 0.25) is 0 Å². The molecule has 0 aliphatic carbocycles. The van der Waals surface area contributed by atoms with E-state index in [4.69, 9.17) is 0 Å². The normalized spacial score (nSPS) is 16.6. The van der Waals surface area contributed by atoms with Gasteiger partial charge in [0.05, 0.1) is 6.04 Å². The SMILES string of the molecule is CC(NC(=O)N1CCN(C/C=C/c2ccccc2)CC1)c1ccccc1. The highest BCUT2D eigenvalue weighted by molar-refractivity contribution is 5.74. The lowest BCUT2D eigenvalue weighted by Gasteiger charge is -2.34. The first kappa shape index (κ1) is 18.2. The molecule has 1 aliphatic heterocycles. The highest BCUT2D eigenvalue weighted by Crippen LogP contribution is 2.12. The smallest absolute Gasteiger partial charge is 0.317 e. The molecule has 1 N–H and O–H groups in total. The van der Waals surface area contributed by atoms with Gasteiger partial charge in [0.1, 0.15) is 0 Å². The molecule has 1 saturated heterocycles. The van der Waals surface area contributed by atoms with Crippen molar-refractivity contribution in [1.82, 2.24) is 15.1 Å². The van der Waals surface area contributed by atoms with E-state index in [2.05, 4.69) is 34.5 Å². The van der Waals surface area contributed by atoms with Crippen molar-refractivity contribution in [3.63, 3.8) is 0 Å². The summed E-state index contributed by atoms with van der Waals surface area (Å²) in [5.41, 5.74) is 2.35. The molecule has 1 heterocycles. The minimum absolute atomic E-state index is 0.0236. The van der Waals surface area contributed by atoms with Gasteiger partial charge in [-0.25, -0.2) is 4.79 Å². The maximum Gasteiger partial charge on any atom is 0.317 e. The first-order chi connectivity index (χ1) is 12.7. The van der Waals surface area contributed by atoms with E-state index in [0.717, 1.165) is 38.3 Å². The van der Waals surface area contributed by atoms with Crippen LogP contribution in [0.3, 0.4) is 0 Å². The lowest BCUT2D eigenvalue weighted by atomic mass is 10.1. The Kier molecular flexibility index (Phi) is 6.45. The van der Waals surface area contributed by atoms with Crippen LogP contribution < -0.4 is 5.32 Å². The molecule has 1 fully saturated rings. The maximum absolute atomic E-state index is 12.5. The first-order valence-electron chi connectivity index (χ1n) is 9.27. The fourth-order valence-corrected chi connectivity index (χ4v) is 3.14. The molecule has 26 heavy (non-hydrogen) atoms. The molecule has 4 nitrogen and oxygen atoms in total. The number of nitrogens with one attached hydrogen (secondary N) is 1. The number of carbonyl (C=O) groups excluding carboxylic acids is 1. The topological polar surface area (TPSA) is 35.6 Å². The van der Waals surface area contributed by atoms with Crippen LogP contribution in [0.1, 0.15) is 24.1 Å². The van der Waals surface area contributed by atoms with Crippen LogP contribution in [-0.4, -0.2) is 48.6 Å². The third kappa shape index (κ3) is 5.20. The van der Waals surface area contributed by atoms with Crippen molar-refractivity contribution in [2.45, 2.75) is 13.0 Å². The summed E-state index contributed by atoms with van der Waals surface area (Å²) >= 11 is 0. The van der Waals surface area contributed by atoms with Gasteiger partial charge in [0.25, 0.3) is 0 Å². The summed E-state index contributed by atoms with van der Waals surface area (Å²) in [6.07, 6.45) is 4.35. The molecule has 0 saturated carbocycles. The average Bonchev–Trinajstić information content (AvgIpc) is 2.70. The fraction of sp³-hybridized carbons (Fsp3) is 0.318. The Labute approximate surface area is 156 Å². The third-order valence-corrected chi connectivity index (χ3v) is 4.77. The Balaban J connectivity index is 1.41. The molecule has 0 spiro atoms. The van der Waals surface area contributed by atoms with E-state index >= 15 is 0 Å². The van der Waals surface area contributed by atoms with E-state index in [-0.39, 0.29) is 12.1 Å². The summed E-state index contributed by atoms with van der Waals surface area (Å²) in [7, 11) is 0. The van der Waals surface area contributed by atoms with Gasteiger partial charge in [0.15, 0.2) is 0 Å². The van der Waals surface area contributed by atoms with E-state index in [1.807, 2.05) is 60.4 Å². The van der Waals surface area contributed by atoms with E-state index in [1.54, 1.807) is 0 Å². The Hall–Kier alpha value is -2.59. The molecule has 3 rings (SSSR count). The van der Waals surface area contributed by atoms with Crippen LogP contribution in [0.4, 0.5) is 4.79 Å². The molecule has 2 aromatic rings. The average molecular weight is 349 g/mol. The summed E-state index contributed by atoms with van der Waals surface area (Å²) in [5, 5.41) is 3.10. The minimum atomic E-state index is 0.0236. The van der Waals surface area contributed by atoms with E-state index in [0.29, 0.717) is 0 Å². The number of rotatable bonds is 5.